The Morgan fingerprint density at radius 3 is 3.15 bits per heavy atom. The van der Waals surface area contributed by atoms with Crippen molar-refractivity contribution in [1.29, 1.82) is 0 Å². The third kappa shape index (κ3) is 1.73. The molecule has 0 saturated carbocycles. The summed E-state index contributed by atoms with van der Waals surface area (Å²) >= 11 is 3.42. The Balaban J connectivity index is 2.35. The van der Waals surface area contributed by atoms with Crippen molar-refractivity contribution in [2.75, 3.05) is 12.4 Å². The number of nitrogens with one attached hydrogen (secondary N) is 2. The second kappa shape index (κ2) is 3.47. The number of halogens is 1. The number of benzene rings is 1. The van der Waals surface area contributed by atoms with Gasteiger partial charge in [-0.25, -0.2) is 0 Å². The molecule has 0 radical (unpaired) electrons. The van der Waals surface area contributed by atoms with E-state index < -0.39 is 0 Å². The monoisotopic (exact) mass is 239 g/mol. The Morgan fingerprint density at radius 1 is 1.54 bits per heavy atom. The molecule has 2 N–H and O–H groups in total. The maximum Gasteiger partial charge on any atom is 0.173 e. The van der Waals surface area contributed by atoms with E-state index >= 15 is 0 Å². The third-order valence-electron chi connectivity index (χ3n) is 1.94. The highest BCUT2D eigenvalue weighted by atomic mass is 79.9. The zero-order valence-corrected chi connectivity index (χ0v) is 8.80. The molecule has 68 valence electrons. The summed E-state index contributed by atoms with van der Waals surface area (Å²) in [5.41, 5.74) is 2.22. The summed E-state index contributed by atoms with van der Waals surface area (Å²) in [6.45, 7) is 0. The lowest BCUT2D eigenvalue weighted by atomic mass is 10.2. The molecule has 4 heteroatoms. The molecule has 1 aromatic carbocycles. The van der Waals surface area contributed by atoms with Crippen LogP contribution in [0.4, 0.5) is 5.69 Å². The van der Waals surface area contributed by atoms with Crippen molar-refractivity contribution >= 4 is 27.8 Å². The molecular weight excluding hydrogens is 230 g/mol. The molecule has 0 amide bonds. The van der Waals surface area contributed by atoms with E-state index in [4.69, 9.17) is 0 Å². The van der Waals surface area contributed by atoms with E-state index in [9.17, 15) is 0 Å². The first-order valence-electron chi connectivity index (χ1n) is 4.06. The van der Waals surface area contributed by atoms with Crippen LogP contribution in [0.25, 0.3) is 0 Å². The van der Waals surface area contributed by atoms with Gasteiger partial charge in [0.25, 0.3) is 0 Å². The summed E-state index contributed by atoms with van der Waals surface area (Å²) in [6, 6.07) is 6.09. The molecular formula is C9H10BrN3. The second-order valence-electron chi connectivity index (χ2n) is 2.85. The lowest BCUT2D eigenvalue weighted by molar-refractivity contribution is 0.654. The molecule has 0 aliphatic carbocycles. The minimum Gasteiger partial charge on any atom is -0.351 e. The van der Waals surface area contributed by atoms with Gasteiger partial charge in [0, 0.05) is 21.9 Å². The van der Waals surface area contributed by atoms with E-state index in [0.29, 0.717) is 0 Å². The molecule has 2 rings (SSSR count). The maximum atomic E-state index is 4.26. The van der Waals surface area contributed by atoms with Crippen molar-refractivity contribution < 1.29 is 0 Å². The fraction of sp³-hybridized carbons (Fsp3) is 0.222. The van der Waals surface area contributed by atoms with Gasteiger partial charge >= 0.3 is 0 Å². The molecule has 0 aromatic heterocycles. The summed E-state index contributed by atoms with van der Waals surface area (Å²) in [6.07, 6.45) is 1.87. The van der Waals surface area contributed by atoms with Crippen molar-refractivity contribution in [3.8, 4) is 0 Å². The Labute approximate surface area is 85.4 Å². The van der Waals surface area contributed by atoms with E-state index in [2.05, 4.69) is 31.6 Å². The quantitative estimate of drug-likeness (QED) is 0.785. The van der Waals surface area contributed by atoms with E-state index in [1.807, 2.05) is 31.5 Å². The third-order valence-corrected chi connectivity index (χ3v) is 2.44. The molecule has 1 atom stereocenters. The average molecular weight is 240 g/mol. The zero-order chi connectivity index (χ0) is 9.26. The van der Waals surface area contributed by atoms with E-state index in [0.717, 1.165) is 15.7 Å². The molecule has 3 nitrogen and oxygen atoms in total. The highest BCUT2D eigenvalue weighted by Crippen LogP contribution is 2.22. The molecule has 0 spiro atoms. The molecule has 1 aliphatic rings. The Kier molecular flexibility index (Phi) is 2.33. The molecule has 13 heavy (non-hydrogen) atoms. The van der Waals surface area contributed by atoms with Gasteiger partial charge in [-0.15, -0.1) is 0 Å². The first-order valence-corrected chi connectivity index (χ1v) is 4.85. The molecule has 0 fully saturated rings. The van der Waals surface area contributed by atoms with Crippen LogP contribution in [0.5, 0.6) is 0 Å². The van der Waals surface area contributed by atoms with Gasteiger partial charge in [-0.1, -0.05) is 15.9 Å². The Bertz CT molecular complexity index is 349. The fourth-order valence-electron chi connectivity index (χ4n) is 1.26. The summed E-state index contributed by atoms with van der Waals surface area (Å²) in [5, 5.41) is 6.28. The standard InChI is InChI=1S/C9H10BrN3/c1-11-9-12-5-6-4-7(10)2-3-8(6)13-9/h2-5,9,11,13H,1H3. The van der Waals surface area contributed by atoms with Crippen molar-refractivity contribution in [3.63, 3.8) is 0 Å². The number of hydrogen-bond donors (Lipinski definition) is 2. The Morgan fingerprint density at radius 2 is 2.38 bits per heavy atom. The van der Waals surface area contributed by atoms with E-state index in [1.54, 1.807) is 0 Å². The SMILES string of the molecule is CNC1N=Cc2cc(Br)ccc2N1. The smallest absolute Gasteiger partial charge is 0.173 e. The van der Waals surface area contributed by atoms with Crippen LogP contribution in [0.15, 0.2) is 27.7 Å². The summed E-state index contributed by atoms with van der Waals surface area (Å²) in [7, 11) is 1.87. The predicted molar refractivity (Wildman–Crippen MR) is 58.2 cm³/mol. The van der Waals surface area contributed by atoms with Crippen LogP contribution in [0, 0.1) is 0 Å². The highest BCUT2D eigenvalue weighted by molar-refractivity contribution is 9.10. The predicted octanol–water partition coefficient (Wildman–Crippen LogP) is 1.80. The van der Waals surface area contributed by atoms with Crippen LogP contribution < -0.4 is 10.6 Å². The van der Waals surface area contributed by atoms with Gasteiger partial charge < -0.3 is 5.32 Å². The number of rotatable bonds is 1. The van der Waals surface area contributed by atoms with Gasteiger partial charge in [0.15, 0.2) is 6.29 Å². The molecule has 1 unspecified atom stereocenters. The number of hydrogen-bond acceptors (Lipinski definition) is 3. The first kappa shape index (κ1) is 8.72. The second-order valence-corrected chi connectivity index (χ2v) is 3.76. The van der Waals surface area contributed by atoms with Gasteiger partial charge in [0.05, 0.1) is 0 Å². The fourth-order valence-corrected chi connectivity index (χ4v) is 1.64. The van der Waals surface area contributed by atoms with Crippen LogP contribution in [-0.2, 0) is 0 Å². The molecule has 0 saturated heterocycles. The van der Waals surface area contributed by atoms with Crippen molar-refractivity contribution in [2.45, 2.75) is 6.29 Å². The van der Waals surface area contributed by atoms with Crippen molar-refractivity contribution in [2.24, 2.45) is 4.99 Å². The zero-order valence-electron chi connectivity index (χ0n) is 7.21. The largest absolute Gasteiger partial charge is 0.351 e. The van der Waals surface area contributed by atoms with E-state index in [1.165, 1.54) is 0 Å². The molecule has 1 heterocycles. The number of nitrogens with zero attached hydrogens (tertiary/aromatic N) is 1. The van der Waals surface area contributed by atoms with Gasteiger partial charge in [0.2, 0.25) is 0 Å². The van der Waals surface area contributed by atoms with Crippen LogP contribution in [0.3, 0.4) is 0 Å². The Hall–Kier alpha value is -0.870. The lowest BCUT2D eigenvalue weighted by Crippen LogP contribution is -2.33. The number of fused-ring (bicyclic) bond motifs is 1. The van der Waals surface area contributed by atoms with Crippen LogP contribution in [0.2, 0.25) is 0 Å². The minimum absolute atomic E-state index is 0.00586. The van der Waals surface area contributed by atoms with Crippen LogP contribution in [-0.4, -0.2) is 19.6 Å². The summed E-state index contributed by atoms with van der Waals surface area (Å²) in [5.74, 6) is 0. The van der Waals surface area contributed by atoms with Gasteiger partial charge in [-0.2, -0.15) is 0 Å². The van der Waals surface area contributed by atoms with Gasteiger partial charge in [-0.3, -0.25) is 10.3 Å². The lowest BCUT2D eigenvalue weighted by Gasteiger charge is -2.20. The van der Waals surface area contributed by atoms with Crippen molar-refractivity contribution in [1.82, 2.24) is 5.32 Å². The summed E-state index contributed by atoms with van der Waals surface area (Å²) in [4.78, 5) is 4.26. The van der Waals surface area contributed by atoms with Gasteiger partial charge in [-0.05, 0) is 25.2 Å². The summed E-state index contributed by atoms with van der Waals surface area (Å²) < 4.78 is 1.07. The average Bonchev–Trinajstić information content (AvgIpc) is 2.17. The van der Waals surface area contributed by atoms with Crippen LogP contribution in [0.1, 0.15) is 5.56 Å². The first-order chi connectivity index (χ1) is 6.29. The number of anilines is 1. The minimum atomic E-state index is -0.00586. The van der Waals surface area contributed by atoms with Gasteiger partial charge in [0.1, 0.15) is 0 Å². The van der Waals surface area contributed by atoms with E-state index in [-0.39, 0.29) is 6.29 Å². The normalized spacial score (nSPS) is 19.4. The van der Waals surface area contributed by atoms with Crippen LogP contribution >= 0.6 is 15.9 Å². The maximum absolute atomic E-state index is 4.26. The number of aliphatic imine (C=N–C) groups is 1. The van der Waals surface area contributed by atoms with Crippen molar-refractivity contribution in [3.05, 3.63) is 28.2 Å². The highest BCUT2D eigenvalue weighted by Gasteiger charge is 2.10. The molecule has 1 aromatic rings. The molecule has 1 aliphatic heterocycles. The molecule has 0 bridgehead atoms. The topological polar surface area (TPSA) is 36.4 Å².